The molecule has 158 valence electrons. The predicted octanol–water partition coefficient (Wildman–Crippen LogP) is 3.68. The number of carbonyl (C=O) groups excluding carboxylic acids is 1. The fraction of sp³-hybridized carbons (Fsp3) is 0.280. The van der Waals surface area contributed by atoms with Crippen molar-refractivity contribution in [3.63, 3.8) is 0 Å². The SMILES string of the molecule is Cc1cc(N2CCN(C(=O)/C=C\c3ccc4c(c3)OCCO4)CC2)nc2ccccc12. The molecule has 3 aromatic rings. The fourth-order valence-electron chi connectivity index (χ4n) is 4.09. The second kappa shape index (κ2) is 8.30. The summed E-state index contributed by atoms with van der Waals surface area (Å²) >= 11 is 0. The number of aromatic nitrogens is 1. The van der Waals surface area contributed by atoms with Crippen molar-refractivity contribution in [1.82, 2.24) is 9.88 Å². The minimum Gasteiger partial charge on any atom is -0.486 e. The second-order valence-electron chi connectivity index (χ2n) is 7.86. The molecule has 0 radical (unpaired) electrons. The Morgan fingerprint density at radius 3 is 2.58 bits per heavy atom. The van der Waals surface area contributed by atoms with Crippen LogP contribution in [0.5, 0.6) is 11.5 Å². The molecular weight excluding hydrogens is 390 g/mol. The molecule has 5 rings (SSSR count). The lowest BCUT2D eigenvalue weighted by atomic mass is 10.1. The number of amides is 1. The summed E-state index contributed by atoms with van der Waals surface area (Å²) in [4.78, 5) is 21.7. The molecule has 1 amide bonds. The van der Waals surface area contributed by atoms with Crippen LogP contribution in [0.25, 0.3) is 17.0 Å². The highest BCUT2D eigenvalue weighted by Crippen LogP contribution is 2.31. The first-order valence-electron chi connectivity index (χ1n) is 10.7. The van der Waals surface area contributed by atoms with E-state index in [1.54, 1.807) is 6.08 Å². The monoisotopic (exact) mass is 415 g/mol. The normalized spacial score (nSPS) is 16.2. The average Bonchev–Trinajstić information content (AvgIpc) is 2.82. The van der Waals surface area contributed by atoms with Crippen LogP contribution in [0.1, 0.15) is 11.1 Å². The molecular formula is C25H25N3O3. The number of nitrogens with zero attached hydrogens (tertiary/aromatic N) is 3. The molecule has 0 saturated carbocycles. The molecule has 1 saturated heterocycles. The van der Waals surface area contributed by atoms with Crippen LogP contribution in [0, 0.1) is 6.92 Å². The minimum atomic E-state index is 0.0252. The minimum absolute atomic E-state index is 0.0252. The van der Waals surface area contributed by atoms with Gasteiger partial charge in [0.2, 0.25) is 5.91 Å². The lowest BCUT2D eigenvalue weighted by Gasteiger charge is -2.35. The highest BCUT2D eigenvalue weighted by Gasteiger charge is 2.21. The Balaban J connectivity index is 1.22. The van der Waals surface area contributed by atoms with Gasteiger partial charge in [-0.25, -0.2) is 4.98 Å². The Morgan fingerprint density at radius 2 is 1.74 bits per heavy atom. The van der Waals surface area contributed by atoms with Gasteiger partial charge in [0.25, 0.3) is 0 Å². The molecule has 1 fully saturated rings. The van der Waals surface area contributed by atoms with Gasteiger partial charge in [-0.1, -0.05) is 24.3 Å². The summed E-state index contributed by atoms with van der Waals surface area (Å²) in [6, 6.07) is 16.1. The third-order valence-electron chi connectivity index (χ3n) is 5.81. The zero-order valence-corrected chi connectivity index (χ0v) is 17.6. The summed E-state index contributed by atoms with van der Waals surface area (Å²) in [5.41, 5.74) is 3.16. The van der Waals surface area contributed by atoms with E-state index in [-0.39, 0.29) is 5.91 Å². The van der Waals surface area contributed by atoms with Gasteiger partial charge in [0, 0.05) is 37.6 Å². The van der Waals surface area contributed by atoms with E-state index >= 15 is 0 Å². The number of carbonyl (C=O) groups is 1. The molecule has 0 aliphatic carbocycles. The maximum absolute atomic E-state index is 12.7. The van der Waals surface area contributed by atoms with Crippen LogP contribution in [0.4, 0.5) is 5.82 Å². The molecule has 2 aliphatic rings. The number of fused-ring (bicyclic) bond motifs is 2. The van der Waals surface area contributed by atoms with Crippen LogP contribution in [-0.4, -0.2) is 55.2 Å². The highest BCUT2D eigenvalue weighted by molar-refractivity contribution is 5.92. The maximum atomic E-state index is 12.7. The van der Waals surface area contributed by atoms with Crippen molar-refractivity contribution in [3.8, 4) is 11.5 Å². The van der Waals surface area contributed by atoms with Crippen molar-refractivity contribution >= 4 is 28.7 Å². The number of benzene rings is 2. The Labute approximate surface area is 181 Å². The molecule has 0 N–H and O–H groups in total. The number of anilines is 1. The summed E-state index contributed by atoms with van der Waals surface area (Å²) < 4.78 is 11.2. The van der Waals surface area contributed by atoms with Crippen molar-refractivity contribution in [2.75, 3.05) is 44.3 Å². The van der Waals surface area contributed by atoms with Crippen molar-refractivity contribution < 1.29 is 14.3 Å². The van der Waals surface area contributed by atoms with Crippen molar-refractivity contribution in [1.29, 1.82) is 0 Å². The number of hydrogen-bond acceptors (Lipinski definition) is 5. The quantitative estimate of drug-likeness (QED) is 0.611. The summed E-state index contributed by atoms with van der Waals surface area (Å²) in [6.45, 7) is 6.14. The summed E-state index contributed by atoms with van der Waals surface area (Å²) in [6.07, 6.45) is 3.47. The first-order valence-corrected chi connectivity index (χ1v) is 10.7. The van der Waals surface area contributed by atoms with Gasteiger partial charge in [-0.05, 0) is 48.4 Å². The number of piperazine rings is 1. The molecule has 3 heterocycles. The van der Waals surface area contributed by atoms with Gasteiger partial charge in [0.05, 0.1) is 5.52 Å². The molecule has 0 atom stereocenters. The van der Waals surface area contributed by atoms with E-state index in [1.165, 1.54) is 10.9 Å². The largest absolute Gasteiger partial charge is 0.486 e. The maximum Gasteiger partial charge on any atom is 0.246 e. The zero-order chi connectivity index (χ0) is 21.2. The van der Waals surface area contributed by atoms with E-state index in [4.69, 9.17) is 14.5 Å². The first kappa shape index (κ1) is 19.4. The lowest BCUT2D eigenvalue weighted by Crippen LogP contribution is -2.48. The molecule has 0 unspecified atom stereocenters. The van der Waals surface area contributed by atoms with Gasteiger partial charge < -0.3 is 19.3 Å². The lowest BCUT2D eigenvalue weighted by molar-refractivity contribution is -0.126. The van der Waals surface area contributed by atoms with E-state index in [1.807, 2.05) is 47.4 Å². The van der Waals surface area contributed by atoms with Crippen LogP contribution < -0.4 is 14.4 Å². The van der Waals surface area contributed by atoms with E-state index in [0.29, 0.717) is 26.3 Å². The number of rotatable bonds is 3. The van der Waals surface area contributed by atoms with Crippen molar-refractivity contribution in [2.24, 2.45) is 0 Å². The number of para-hydroxylation sites is 1. The van der Waals surface area contributed by atoms with Gasteiger partial charge in [0.15, 0.2) is 11.5 Å². The van der Waals surface area contributed by atoms with Crippen molar-refractivity contribution in [2.45, 2.75) is 6.92 Å². The number of aryl methyl sites for hydroxylation is 1. The van der Waals surface area contributed by atoms with Gasteiger partial charge in [-0.15, -0.1) is 0 Å². The first-order chi connectivity index (χ1) is 15.2. The standard InChI is InChI=1S/C25H25N3O3/c1-18-16-24(26-21-5-3-2-4-20(18)21)27-10-12-28(13-11-27)25(29)9-7-19-6-8-22-23(17-19)31-15-14-30-22/h2-9,16-17H,10-15H2,1H3/b9-7-. The number of pyridine rings is 1. The van der Waals surface area contributed by atoms with E-state index in [0.717, 1.165) is 41.5 Å². The third-order valence-corrected chi connectivity index (χ3v) is 5.81. The van der Waals surface area contributed by atoms with Crippen LogP contribution >= 0.6 is 0 Å². The molecule has 6 heteroatoms. The summed E-state index contributed by atoms with van der Waals surface area (Å²) in [7, 11) is 0. The fourth-order valence-corrected chi connectivity index (χ4v) is 4.09. The van der Waals surface area contributed by atoms with Crippen LogP contribution in [0.15, 0.2) is 54.6 Å². The summed E-state index contributed by atoms with van der Waals surface area (Å²) in [5, 5.41) is 1.18. The average molecular weight is 415 g/mol. The molecule has 31 heavy (non-hydrogen) atoms. The summed E-state index contributed by atoms with van der Waals surface area (Å²) in [5.74, 6) is 2.49. The second-order valence-corrected chi connectivity index (χ2v) is 7.86. The molecule has 6 nitrogen and oxygen atoms in total. The van der Waals surface area contributed by atoms with Gasteiger partial charge in [-0.3, -0.25) is 4.79 Å². The molecule has 2 aromatic carbocycles. The number of hydrogen-bond donors (Lipinski definition) is 0. The predicted molar refractivity (Wildman–Crippen MR) is 122 cm³/mol. The van der Waals surface area contributed by atoms with E-state index < -0.39 is 0 Å². The van der Waals surface area contributed by atoms with Gasteiger partial charge in [-0.2, -0.15) is 0 Å². The van der Waals surface area contributed by atoms with E-state index in [9.17, 15) is 4.79 Å². The Bertz CT molecular complexity index is 1150. The topological polar surface area (TPSA) is 54.9 Å². The van der Waals surface area contributed by atoms with Crippen LogP contribution in [0.3, 0.4) is 0 Å². The smallest absolute Gasteiger partial charge is 0.246 e. The van der Waals surface area contributed by atoms with Gasteiger partial charge >= 0.3 is 0 Å². The van der Waals surface area contributed by atoms with Crippen LogP contribution in [0.2, 0.25) is 0 Å². The molecule has 2 aliphatic heterocycles. The van der Waals surface area contributed by atoms with Crippen molar-refractivity contribution in [3.05, 3.63) is 65.7 Å². The van der Waals surface area contributed by atoms with Crippen LogP contribution in [-0.2, 0) is 4.79 Å². The Morgan fingerprint density at radius 1 is 0.968 bits per heavy atom. The highest BCUT2D eigenvalue weighted by atomic mass is 16.6. The number of ether oxygens (including phenoxy) is 2. The molecule has 0 spiro atoms. The molecule has 0 bridgehead atoms. The van der Waals surface area contributed by atoms with E-state index in [2.05, 4.69) is 24.0 Å². The zero-order valence-electron chi connectivity index (χ0n) is 17.6. The van der Waals surface area contributed by atoms with Gasteiger partial charge in [0.1, 0.15) is 19.0 Å². The third kappa shape index (κ3) is 4.06. The molecule has 1 aromatic heterocycles. The Kier molecular flexibility index (Phi) is 5.20. The Hall–Kier alpha value is -3.54.